The Morgan fingerprint density at radius 2 is 0.952 bits per heavy atom. The van der Waals surface area contributed by atoms with Gasteiger partial charge in [0.15, 0.2) is 0 Å². The number of aliphatic hydroxyl groups excluding tert-OH is 1. The average molecular weight is 299 g/mol. The highest BCUT2D eigenvalue weighted by atomic mass is 16.3. The molecule has 0 aliphatic heterocycles. The molecule has 0 radical (unpaired) electrons. The standard InChI is InChI=1S/C20H42O/c1-4-6-8-10-11-12-14-16-18-20(21)19(3)17-15-13-9-7-5-2/h19-21H,4-18H2,1-3H3. The van der Waals surface area contributed by atoms with Crippen molar-refractivity contribution in [2.45, 2.75) is 123 Å². The minimum atomic E-state index is -0.0590. The fraction of sp³-hybridized carbons (Fsp3) is 1.00. The molecule has 0 aromatic rings. The van der Waals surface area contributed by atoms with Crippen LogP contribution in [0.3, 0.4) is 0 Å². The van der Waals surface area contributed by atoms with Crippen molar-refractivity contribution in [3.8, 4) is 0 Å². The summed E-state index contributed by atoms with van der Waals surface area (Å²) in [6, 6.07) is 0. The normalized spacial score (nSPS) is 14.3. The molecule has 0 bridgehead atoms. The van der Waals surface area contributed by atoms with Gasteiger partial charge in [-0.05, 0) is 18.8 Å². The van der Waals surface area contributed by atoms with Gasteiger partial charge >= 0.3 is 0 Å². The average Bonchev–Trinajstić information content (AvgIpc) is 2.49. The lowest BCUT2D eigenvalue weighted by molar-refractivity contribution is 0.0985. The number of hydrogen-bond donors (Lipinski definition) is 1. The van der Waals surface area contributed by atoms with Crippen LogP contribution in [0.2, 0.25) is 0 Å². The van der Waals surface area contributed by atoms with Crippen LogP contribution in [-0.2, 0) is 0 Å². The van der Waals surface area contributed by atoms with E-state index in [0.717, 1.165) is 6.42 Å². The first-order valence-corrected chi connectivity index (χ1v) is 9.90. The second-order valence-corrected chi connectivity index (χ2v) is 7.01. The first kappa shape index (κ1) is 21.0. The molecule has 128 valence electrons. The summed E-state index contributed by atoms with van der Waals surface area (Å²) in [5.41, 5.74) is 0. The van der Waals surface area contributed by atoms with Crippen molar-refractivity contribution < 1.29 is 5.11 Å². The molecular formula is C20H42O. The van der Waals surface area contributed by atoms with Crippen molar-refractivity contribution >= 4 is 0 Å². The van der Waals surface area contributed by atoms with Gasteiger partial charge in [-0.1, -0.05) is 104 Å². The third kappa shape index (κ3) is 14.7. The Labute approximate surface area is 134 Å². The summed E-state index contributed by atoms with van der Waals surface area (Å²) in [7, 11) is 0. The first-order chi connectivity index (χ1) is 10.2. The van der Waals surface area contributed by atoms with E-state index >= 15 is 0 Å². The van der Waals surface area contributed by atoms with Gasteiger partial charge in [0.05, 0.1) is 6.10 Å². The SMILES string of the molecule is CCCCCCCCCCC(O)C(C)CCCCCCC. The van der Waals surface area contributed by atoms with Crippen LogP contribution in [0.1, 0.15) is 117 Å². The molecule has 0 aromatic heterocycles. The molecule has 0 aliphatic carbocycles. The zero-order chi connectivity index (χ0) is 15.8. The van der Waals surface area contributed by atoms with Crippen molar-refractivity contribution in [3.63, 3.8) is 0 Å². The van der Waals surface area contributed by atoms with Gasteiger partial charge in [0, 0.05) is 0 Å². The second-order valence-electron chi connectivity index (χ2n) is 7.01. The quantitative estimate of drug-likeness (QED) is 0.308. The minimum absolute atomic E-state index is 0.0590. The van der Waals surface area contributed by atoms with Gasteiger partial charge < -0.3 is 5.11 Å². The Balaban J connectivity index is 3.32. The smallest absolute Gasteiger partial charge is 0.0565 e. The predicted molar refractivity (Wildman–Crippen MR) is 95.8 cm³/mol. The van der Waals surface area contributed by atoms with Gasteiger partial charge in [-0.3, -0.25) is 0 Å². The molecular weight excluding hydrogens is 256 g/mol. The molecule has 1 heteroatoms. The highest BCUT2D eigenvalue weighted by Gasteiger charge is 2.13. The van der Waals surface area contributed by atoms with Gasteiger partial charge in [-0.2, -0.15) is 0 Å². The Bertz CT molecular complexity index is 190. The largest absolute Gasteiger partial charge is 0.393 e. The third-order valence-electron chi connectivity index (χ3n) is 4.77. The zero-order valence-corrected chi connectivity index (χ0v) is 15.2. The van der Waals surface area contributed by atoms with Crippen LogP contribution < -0.4 is 0 Å². The molecule has 2 atom stereocenters. The molecule has 0 spiro atoms. The van der Waals surface area contributed by atoms with Crippen LogP contribution in [-0.4, -0.2) is 11.2 Å². The molecule has 0 fully saturated rings. The van der Waals surface area contributed by atoms with Crippen LogP contribution in [0.4, 0.5) is 0 Å². The Morgan fingerprint density at radius 3 is 1.43 bits per heavy atom. The zero-order valence-electron chi connectivity index (χ0n) is 15.2. The van der Waals surface area contributed by atoms with Crippen LogP contribution in [0, 0.1) is 5.92 Å². The third-order valence-corrected chi connectivity index (χ3v) is 4.77. The number of hydrogen-bond acceptors (Lipinski definition) is 1. The van der Waals surface area contributed by atoms with Gasteiger partial charge in [0.25, 0.3) is 0 Å². The predicted octanol–water partition coefficient (Wildman–Crippen LogP) is 6.87. The van der Waals surface area contributed by atoms with Gasteiger partial charge in [0.1, 0.15) is 0 Å². The maximum absolute atomic E-state index is 10.2. The molecule has 0 saturated carbocycles. The van der Waals surface area contributed by atoms with Crippen LogP contribution in [0.5, 0.6) is 0 Å². The Hall–Kier alpha value is -0.0400. The summed E-state index contributed by atoms with van der Waals surface area (Å²) in [5, 5.41) is 10.2. The Morgan fingerprint density at radius 1 is 0.571 bits per heavy atom. The van der Waals surface area contributed by atoms with Crippen molar-refractivity contribution in [2.24, 2.45) is 5.92 Å². The van der Waals surface area contributed by atoms with E-state index in [2.05, 4.69) is 20.8 Å². The van der Waals surface area contributed by atoms with E-state index in [9.17, 15) is 5.11 Å². The number of aliphatic hydroxyl groups is 1. The lowest BCUT2D eigenvalue weighted by Crippen LogP contribution is -2.17. The minimum Gasteiger partial charge on any atom is -0.393 e. The highest BCUT2D eigenvalue weighted by Crippen LogP contribution is 2.19. The van der Waals surface area contributed by atoms with Crippen molar-refractivity contribution in [1.29, 1.82) is 0 Å². The summed E-state index contributed by atoms with van der Waals surface area (Å²) in [4.78, 5) is 0. The fourth-order valence-electron chi connectivity index (χ4n) is 3.03. The van der Waals surface area contributed by atoms with Crippen molar-refractivity contribution in [1.82, 2.24) is 0 Å². The maximum Gasteiger partial charge on any atom is 0.0565 e. The van der Waals surface area contributed by atoms with Gasteiger partial charge in [0.2, 0.25) is 0 Å². The van der Waals surface area contributed by atoms with E-state index in [1.807, 2.05) is 0 Å². The number of unbranched alkanes of at least 4 members (excludes halogenated alkanes) is 11. The molecule has 0 heterocycles. The Kier molecular flexibility index (Phi) is 16.3. The van der Waals surface area contributed by atoms with Crippen molar-refractivity contribution in [3.05, 3.63) is 0 Å². The molecule has 0 aliphatic rings. The van der Waals surface area contributed by atoms with E-state index in [0.29, 0.717) is 5.92 Å². The summed E-state index contributed by atoms with van der Waals surface area (Å²) < 4.78 is 0. The molecule has 21 heavy (non-hydrogen) atoms. The summed E-state index contributed by atoms with van der Waals surface area (Å²) >= 11 is 0. The molecule has 1 N–H and O–H groups in total. The second kappa shape index (κ2) is 16.3. The fourth-order valence-corrected chi connectivity index (χ4v) is 3.03. The van der Waals surface area contributed by atoms with E-state index in [1.165, 1.54) is 89.9 Å². The molecule has 0 rings (SSSR count). The molecule has 0 aromatic carbocycles. The lowest BCUT2D eigenvalue weighted by Gasteiger charge is -2.18. The highest BCUT2D eigenvalue weighted by molar-refractivity contribution is 4.65. The topological polar surface area (TPSA) is 20.2 Å². The molecule has 1 nitrogen and oxygen atoms in total. The summed E-state index contributed by atoms with van der Waals surface area (Å²) in [6.45, 7) is 6.76. The van der Waals surface area contributed by atoms with Crippen molar-refractivity contribution in [2.75, 3.05) is 0 Å². The lowest BCUT2D eigenvalue weighted by atomic mass is 9.93. The van der Waals surface area contributed by atoms with Gasteiger partial charge in [-0.15, -0.1) is 0 Å². The van der Waals surface area contributed by atoms with E-state index in [-0.39, 0.29) is 6.10 Å². The van der Waals surface area contributed by atoms with Crippen LogP contribution >= 0.6 is 0 Å². The number of rotatable bonds is 16. The summed E-state index contributed by atoms with van der Waals surface area (Å²) in [6.07, 6.45) is 19.7. The van der Waals surface area contributed by atoms with Gasteiger partial charge in [-0.25, -0.2) is 0 Å². The summed E-state index contributed by atoms with van der Waals surface area (Å²) in [5.74, 6) is 0.496. The van der Waals surface area contributed by atoms with E-state index < -0.39 is 0 Å². The van der Waals surface area contributed by atoms with Crippen LogP contribution in [0.25, 0.3) is 0 Å². The van der Waals surface area contributed by atoms with E-state index in [1.54, 1.807) is 0 Å². The maximum atomic E-state index is 10.2. The van der Waals surface area contributed by atoms with E-state index in [4.69, 9.17) is 0 Å². The molecule has 0 saturated heterocycles. The molecule has 2 unspecified atom stereocenters. The van der Waals surface area contributed by atoms with Crippen LogP contribution in [0.15, 0.2) is 0 Å². The first-order valence-electron chi connectivity index (χ1n) is 9.90. The monoisotopic (exact) mass is 298 g/mol. The molecule has 0 amide bonds.